The van der Waals surface area contributed by atoms with Crippen molar-refractivity contribution in [2.24, 2.45) is 0 Å². The van der Waals surface area contributed by atoms with E-state index in [0.717, 1.165) is 27.8 Å². The lowest BCUT2D eigenvalue weighted by molar-refractivity contribution is -0.139. The molecule has 1 aliphatic carbocycles. The minimum atomic E-state index is -1.15. The molecule has 8 nitrogen and oxygen atoms in total. The van der Waals surface area contributed by atoms with Crippen LogP contribution in [0.25, 0.3) is 11.1 Å². The van der Waals surface area contributed by atoms with Crippen molar-refractivity contribution in [2.45, 2.75) is 24.8 Å². The summed E-state index contributed by atoms with van der Waals surface area (Å²) in [5, 5.41) is 12.2. The standard InChI is InChI=1S/C28H29NO7/c1-33-24-15-13-17(25(34-2)26(24)35-3)12-14-23(27(30)31)29-28(32)36-16-22-20-10-6-4-8-18(20)19-9-5-7-11-21(19)22/h4-11,13,15,22-23H,12,14,16H2,1-3H3,(H,29,32)(H,30,31). The monoisotopic (exact) mass is 491 g/mol. The van der Waals surface area contributed by atoms with E-state index in [1.54, 1.807) is 12.1 Å². The average Bonchev–Trinajstić information content (AvgIpc) is 3.22. The molecule has 1 amide bonds. The van der Waals surface area contributed by atoms with E-state index in [0.29, 0.717) is 23.7 Å². The van der Waals surface area contributed by atoms with Gasteiger partial charge in [-0.25, -0.2) is 9.59 Å². The van der Waals surface area contributed by atoms with Gasteiger partial charge in [-0.3, -0.25) is 0 Å². The fourth-order valence-corrected chi connectivity index (χ4v) is 4.70. The van der Waals surface area contributed by atoms with Gasteiger partial charge in [0, 0.05) is 5.92 Å². The van der Waals surface area contributed by atoms with Crippen LogP contribution >= 0.6 is 0 Å². The molecule has 4 rings (SSSR count). The van der Waals surface area contributed by atoms with Gasteiger partial charge in [-0.05, 0) is 46.7 Å². The lowest BCUT2D eigenvalue weighted by Crippen LogP contribution is -2.41. The number of hydrogen-bond donors (Lipinski definition) is 2. The first-order chi connectivity index (χ1) is 17.5. The summed E-state index contributed by atoms with van der Waals surface area (Å²) in [5.41, 5.74) is 5.14. The van der Waals surface area contributed by atoms with Crippen LogP contribution in [0.15, 0.2) is 60.7 Å². The molecule has 0 aliphatic heterocycles. The Morgan fingerprint density at radius 1 is 0.861 bits per heavy atom. The van der Waals surface area contributed by atoms with Crippen LogP contribution in [0.2, 0.25) is 0 Å². The molecular weight excluding hydrogens is 462 g/mol. The van der Waals surface area contributed by atoms with E-state index in [1.807, 2.05) is 36.4 Å². The van der Waals surface area contributed by atoms with Gasteiger partial charge in [0.2, 0.25) is 5.75 Å². The quantitative estimate of drug-likeness (QED) is 0.426. The number of rotatable bonds is 10. The number of amides is 1. The topological polar surface area (TPSA) is 103 Å². The van der Waals surface area contributed by atoms with Crippen LogP contribution in [0.4, 0.5) is 4.79 Å². The van der Waals surface area contributed by atoms with E-state index in [9.17, 15) is 14.7 Å². The number of carbonyl (C=O) groups is 2. The molecule has 0 fully saturated rings. The second-order valence-corrected chi connectivity index (χ2v) is 8.39. The third-order valence-corrected chi connectivity index (χ3v) is 6.42. The van der Waals surface area contributed by atoms with Gasteiger partial charge in [-0.15, -0.1) is 0 Å². The molecule has 8 heteroatoms. The second-order valence-electron chi connectivity index (χ2n) is 8.39. The predicted molar refractivity (Wildman–Crippen MR) is 134 cm³/mol. The van der Waals surface area contributed by atoms with Crippen LogP contribution in [0.5, 0.6) is 17.2 Å². The van der Waals surface area contributed by atoms with Crippen molar-refractivity contribution in [3.05, 3.63) is 77.4 Å². The summed E-state index contributed by atoms with van der Waals surface area (Å²) in [6.45, 7) is 0.107. The SMILES string of the molecule is COc1ccc(CCC(NC(=O)OCC2c3ccccc3-c3ccccc32)C(=O)O)c(OC)c1OC. The van der Waals surface area contributed by atoms with Crippen LogP contribution in [0.3, 0.4) is 0 Å². The van der Waals surface area contributed by atoms with Crippen molar-refractivity contribution >= 4 is 12.1 Å². The van der Waals surface area contributed by atoms with Gasteiger partial charge in [0.05, 0.1) is 21.3 Å². The molecule has 1 unspecified atom stereocenters. The van der Waals surface area contributed by atoms with Gasteiger partial charge in [0.25, 0.3) is 0 Å². The first kappa shape index (κ1) is 24.9. The number of carboxylic acid groups (broad SMARTS) is 1. The molecule has 1 aliphatic rings. The van der Waals surface area contributed by atoms with Gasteiger partial charge in [-0.1, -0.05) is 54.6 Å². The van der Waals surface area contributed by atoms with Gasteiger partial charge in [0.15, 0.2) is 11.5 Å². The molecule has 2 N–H and O–H groups in total. The number of methoxy groups -OCH3 is 3. The molecule has 0 spiro atoms. The highest BCUT2D eigenvalue weighted by Crippen LogP contribution is 2.44. The van der Waals surface area contributed by atoms with Crippen molar-refractivity contribution in [1.82, 2.24) is 5.32 Å². The minimum absolute atomic E-state index is 0.107. The Balaban J connectivity index is 1.41. The summed E-state index contributed by atoms with van der Waals surface area (Å²) in [6.07, 6.45) is -0.321. The smallest absolute Gasteiger partial charge is 0.407 e. The summed E-state index contributed by atoms with van der Waals surface area (Å²) in [7, 11) is 4.53. The molecule has 0 saturated heterocycles. The Morgan fingerprint density at radius 3 is 2.03 bits per heavy atom. The first-order valence-corrected chi connectivity index (χ1v) is 11.6. The number of carbonyl (C=O) groups excluding carboxylic acids is 1. The number of aryl methyl sites for hydroxylation is 1. The number of aliphatic carboxylic acids is 1. The number of benzene rings is 3. The fraction of sp³-hybridized carbons (Fsp3) is 0.286. The zero-order valence-corrected chi connectivity index (χ0v) is 20.4. The lowest BCUT2D eigenvalue weighted by Gasteiger charge is -2.19. The van der Waals surface area contributed by atoms with Crippen LogP contribution in [0.1, 0.15) is 29.0 Å². The molecule has 0 saturated carbocycles. The lowest BCUT2D eigenvalue weighted by atomic mass is 9.98. The molecule has 3 aromatic carbocycles. The second kappa shape index (κ2) is 11.0. The van der Waals surface area contributed by atoms with E-state index < -0.39 is 18.1 Å². The molecule has 1 atom stereocenters. The number of nitrogens with one attached hydrogen (secondary N) is 1. The highest BCUT2D eigenvalue weighted by molar-refractivity contribution is 5.81. The highest BCUT2D eigenvalue weighted by atomic mass is 16.5. The Morgan fingerprint density at radius 2 is 1.47 bits per heavy atom. The van der Waals surface area contributed by atoms with E-state index >= 15 is 0 Å². The van der Waals surface area contributed by atoms with E-state index in [1.165, 1.54) is 21.3 Å². The van der Waals surface area contributed by atoms with Crippen molar-refractivity contribution in [3.63, 3.8) is 0 Å². The number of fused-ring (bicyclic) bond motifs is 3. The van der Waals surface area contributed by atoms with Gasteiger partial charge >= 0.3 is 12.1 Å². The molecule has 188 valence electrons. The Hall–Kier alpha value is -4.20. The summed E-state index contributed by atoms with van der Waals surface area (Å²) in [6, 6.07) is 18.4. The summed E-state index contributed by atoms with van der Waals surface area (Å²) >= 11 is 0. The van der Waals surface area contributed by atoms with Crippen molar-refractivity contribution in [3.8, 4) is 28.4 Å². The molecule has 0 radical (unpaired) electrons. The number of ether oxygens (including phenoxy) is 4. The van der Waals surface area contributed by atoms with Gasteiger partial charge in [-0.2, -0.15) is 0 Å². The molecule has 36 heavy (non-hydrogen) atoms. The Labute approximate surface area is 209 Å². The third kappa shape index (κ3) is 4.93. The van der Waals surface area contributed by atoms with Crippen LogP contribution < -0.4 is 19.5 Å². The summed E-state index contributed by atoms with van der Waals surface area (Å²) < 4.78 is 21.7. The maximum absolute atomic E-state index is 12.6. The number of hydrogen-bond acceptors (Lipinski definition) is 6. The predicted octanol–water partition coefficient (Wildman–Crippen LogP) is 4.64. The molecule has 0 heterocycles. The third-order valence-electron chi connectivity index (χ3n) is 6.42. The Kier molecular flexibility index (Phi) is 7.63. The normalized spacial score (nSPS) is 12.8. The average molecular weight is 492 g/mol. The van der Waals surface area contributed by atoms with Gasteiger partial charge in [0.1, 0.15) is 12.6 Å². The highest BCUT2D eigenvalue weighted by Gasteiger charge is 2.30. The van der Waals surface area contributed by atoms with E-state index in [4.69, 9.17) is 18.9 Å². The fourth-order valence-electron chi connectivity index (χ4n) is 4.70. The first-order valence-electron chi connectivity index (χ1n) is 11.6. The van der Waals surface area contributed by atoms with Crippen LogP contribution in [-0.2, 0) is 16.0 Å². The maximum Gasteiger partial charge on any atom is 0.407 e. The zero-order valence-electron chi connectivity index (χ0n) is 20.4. The van der Waals surface area contributed by atoms with Crippen LogP contribution in [0, 0.1) is 0 Å². The zero-order chi connectivity index (χ0) is 25.7. The molecule has 0 aromatic heterocycles. The molecule has 0 bridgehead atoms. The van der Waals surface area contributed by atoms with Crippen molar-refractivity contribution in [2.75, 3.05) is 27.9 Å². The van der Waals surface area contributed by atoms with Gasteiger partial charge < -0.3 is 29.4 Å². The molecule has 3 aromatic rings. The largest absolute Gasteiger partial charge is 0.493 e. The van der Waals surface area contributed by atoms with Crippen molar-refractivity contribution in [1.29, 1.82) is 0 Å². The molecular formula is C28H29NO7. The van der Waals surface area contributed by atoms with E-state index in [2.05, 4.69) is 17.4 Å². The summed E-state index contributed by atoms with van der Waals surface area (Å²) in [4.78, 5) is 24.5. The summed E-state index contributed by atoms with van der Waals surface area (Å²) in [5.74, 6) is 0.131. The Bertz CT molecular complexity index is 1210. The number of alkyl carbamates (subject to hydrolysis) is 1. The van der Waals surface area contributed by atoms with Crippen LogP contribution in [-0.4, -0.2) is 51.1 Å². The minimum Gasteiger partial charge on any atom is -0.493 e. The van der Waals surface area contributed by atoms with Crippen molar-refractivity contribution < 1.29 is 33.6 Å². The van der Waals surface area contributed by atoms with E-state index in [-0.39, 0.29) is 18.9 Å². The number of carboxylic acids is 1. The maximum atomic E-state index is 12.6.